The van der Waals surface area contributed by atoms with E-state index in [0.717, 1.165) is 51.4 Å². The molecule has 0 heterocycles. The van der Waals surface area contributed by atoms with Crippen LogP contribution in [0.2, 0.25) is 0 Å². The molecule has 0 aromatic carbocycles. The van der Waals surface area contributed by atoms with Gasteiger partial charge in [-0.3, -0.25) is 0 Å². The van der Waals surface area contributed by atoms with Crippen LogP contribution >= 0.6 is 0 Å². The van der Waals surface area contributed by atoms with E-state index in [1.165, 1.54) is 19.3 Å². The quantitative estimate of drug-likeness (QED) is 0.0478. The summed E-state index contributed by atoms with van der Waals surface area (Å²) in [5.74, 6) is 0. The minimum Gasteiger partial charge on any atom is -0.381 e. The summed E-state index contributed by atoms with van der Waals surface area (Å²) in [6.07, 6.45) is 14.6. The van der Waals surface area contributed by atoms with Crippen LogP contribution in [0.15, 0.2) is 12.7 Å². The van der Waals surface area contributed by atoms with Gasteiger partial charge in [-0.1, -0.05) is 32.3 Å². The fourth-order valence-electron chi connectivity index (χ4n) is 6.96. The molecule has 0 aliphatic carbocycles. The van der Waals surface area contributed by atoms with Gasteiger partial charge in [0, 0.05) is 84.6 Å². The van der Waals surface area contributed by atoms with Crippen LogP contribution in [0.4, 0.5) is 0 Å². The van der Waals surface area contributed by atoms with Gasteiger partial charge < -0.3 is 52.1 Å². The van der Waals surface area contributed by atoms with E-state index in [1.807, 2.05) is 6.08 Å². The van der Waals surface area contributed by atoms with Crippen LogP contribution in [0.3, 0.4) is 0 Å². The van der Waals surface area contributed by atoms with Gasteiger partial charge in [-0.15, -0.1) is 6.58 Å². The minimum atomic E-state index is -0.0726. The molecule has 0 aliphatic rings. The number of methoxy groups -OCH3 is 11. The maximum atomic E-state index is 5.98. The Balaban J connectivity index is 5.28. The Morgan fingerprint density at radius 1 is 0.333 bits per heavy atom. The largest absolute Gasteiger partial charge is 0.381 e. The molecule has 0 saturated carbocycles. The van der Waals surface area contributed by atoms with Crippen molar-refractivity contribution in [1.29, 1.82) is 0 Å². The molecular weight excluding hydrogens is 656 g/mol. The zero-order valence-electron chi connectivity index (χ0n) is 34.7. The molecule has 306 valence electrons. The van der Waals surface area contributed by atoms with Crippen LogP contribution in [0, 0.1) is 0 Å². The fraction of sp³-hybridized carbons (Fsp3) is 0.950. The molecule has 11 heteroatoms. The minimum absolute atomic E-state index is 0.000681. The lowest BCUT2D eigenvalue weighted by Gasteiger charge is -2.31. The molecule has 11 nitrogen and oxygen atoms in total. The summed E-state index contributed by atoms with van der Waals surface area (Å²) < 4.78 is 64.7. The summed E-state index contributed by atoms with van der Waals surface area (Å²) in [4.78, 5) is 0. The zero-order valence-corrected chi connectivity index (χ0v) is 34.7. The molecule has 0 amide bonds. The second-order valence-electron chi connectivity index (χ2n) is 13.8. The topological polar surface area (TPSA) is 102 Å². The summed E-state index contributed by atoms with van der Waals surface area (Å²) >= 11 is 0. The van der Waals surface area contributed by atoms with Crippen molar-refractivity contribution in [1.82, 2.24) is 0 Å². The molecule has 51 heavy (non-hydrogen) atoms. The molecule has 0 aromatic rings. The highest BCUT2D eigenvalue weighted by atomic mass is 16.5. The standard InChI is InChI=1S/C40H80O11/c1-14-16-17-19-31(42-4)21-33(44-6)23-35(46-8)25-37(48-10)27-39(50-12)29-40(51-13)28-38(49-11)26-36(47-9)24-34(45-7)22-32(43-5)20-30(41-3)18-15-2/h15,30-40H,2,14,16-29H2,1,3-13H3. The third-order valence-corrected chi connectivity index (χ3v) is 10.5. The van der Waals surface area contributed by atoms with Gasteiger partial charge in [-0.25, -0.2) is 0 Å². The molecule has 0 fully saturated rings. The van der Waals surface area contributed by atoms with E-state index in [2.05, 4.69) is 13.5 Å². The van der Waals surface area contributed by atoms with Crippen molar-refractivity contribution in [3.63, 3.8) is 0 Å². The van der Waals surface area contributed by atoms with Gasteiger partial charge in [0.2, 0.25) is 0 Å². The van der Waals surface area contributed by atoms with Crippen molar-refractivity contribution >= 4 is 0 Å². The number of hydrogen-bond donors (Lipinski definition) is 0. The first-order valence-electron chi connectivity index (χ1n) is 19.1. The van der Waals surface area contributed by atoms with Crippen LogP contribution in [0.1, 0.15) is 103 Å². The van der Waals surface area contributed by atoms with Gasteiger partial charge in [0.1, 0.15) is 0 Å². The smallest absolute Gasteiger partial charge is 0.0630 e. The third kappa shape index (κ3) is 23.0. The number of ether oxygens (including phenoxy) is 11. The highest BCUT2D eigenvalue weighted by Gasteiger charge is 2.29. The van der Waals surface area contributed by atoms with Crippen molar-refractivity contribution in [3.8, 4) is 0 Å². The van der Waals surface area contributed by atoms with Gasteiger partial charge in [0.25, 0.3) is 0 Å². The van der Waals surface area contributed by atoms with Crippen LogP contribution in [0.25, 0.3) is 0 Å². The van der Waals surface area contributed by atoms with Crippen molar-refractivity contribution < 1.29 is 52.1 Å². The third-order valence-electron chi connectivity index (χ3n) is 10.5. The first kappa shape index (κ1) is 50.3. The van der Waals surface area contributed by atoms with Gasteiger partial charge in [-0.05, 0) is 70.6 Å². The van der Waals surface area contributed by atoms with Crippen LogP contribution in [-0.4, -0.2) is 145 Å². The predicted octanol–water partition coefficient (Wildman–Crippen LogP) is 7.21. The molecule has 0 aliphatic heterocycles. The Morgan fingerprint density at radius 3 is 0.745 bits per heavy atom. The van der Waals surface area contributed by atoms with Crippen molar-refractivity contribution in [2.24, 2.45) is 0 Å². The maximum Gasteiger partial charge on any atom is 0.0630 e. The average molecular weight is 737 g/mol. The SMILES string of the molecule is C=CCC(CC(CC(CC(CC(CC(CC(CC(CC(CC(CC(CCCCC)OC)OC)OC)OC)OC)OC)OC)OC)OC)OC)OC. The molecule has 0 rings (SSSR count). The van der Waals surface area contributed by atoms with E-state index >= 15 is 0 Å². The molecule has 0 saturated heterocycles. The van der Waals surface area contributed by atoms with E-state index < -0.39 is 0 Å². The van der Waals surface area contributed by atoms with E-state index in [9.17, 15) is 0 Å². The summed E-state index contributed by atoms with van der Waals surface area (Å²) in [5.41, 5.74) is 0. The maximum absolute atomic E-state index is 5.98. The molecule has 11 atom stereocenters. The number of unbranched alkanes of at least 4 members (excludes halogenated alkanes) is 2. The number of rotatable bonds is 37. The van der Waals surface area contributed by atoms with E-state index in [-0.39, 0.29) is 67.1 Å². The Labute approximate surface area is 313 Å². The highest BCUT2D eigenvalue weighted by molar-refractivity contribution is 4.82. The summed E-state index contributed by atoms with van der Waals surface area (Å²) in [6, 6.07) is 0. The molecule has 0 aromatic heterocycles. The second-order valence-corrected chi connectivity index (χ2v) is 13.8. The Morgan fingerprint density at radius 2 is 0.549 bits per heavy atom. The second kappa shape index (κ2) is 32.7. The van der Waals surface area contributed by atoms with Crippen LogP contribution in [0.5, 0.6) is 0 Å². The predicted molar refractivity (Wildman–Crippen MR) is 204 cm³/mol. The van der Waals surface area contributed by atoms with Crippen molar-refractivity contribution in [2.45, 2.75) is 170 Å². The van der Waals surface area contributed by atoms with Gasteiger partial charge in [-0.2, -0.15) is 0 Å². The molecule has 0 bridgehead atoms. The van der Waals surface area contributed by atoms with Crippen LogP contribution in [-0.2, 0) is 52.1 Å². The van der Waals surface area contributed by atoms with Gasteiger partial charge in [0.05, 0.1) is 67.1 Å². The lowest BCUT2D eigenvalue weighted by atomic mass is 9.93. The Bertz CT molecular complexity index is 775. The Hall–Kier alpha value is -0.700. The average Bonchev–Trinajstić information content (AvgIpc) is 3.16. The first-order valence-corrected chi connectivity index (χ1v) is 19.1. The molecule has 0 N–H and O–H groups in total. The summed E-state index contributed by atoms with van der Waals surface area (Å²) in [5, 5.41) is 0. The molecule has 11 unspecified atom stereocenters. The van der Waals surface area contributed by atoms with E-state index in [1.54, 1.807) is 78.2 Å². The monoisotopic (exact) mass is 737 g/mol. The van der Waals surface area contributed by atoms with Crippen molar-refractivity contribution in [2.75, 3.05) is 78.2 Å². The van der Waals surface area contributed by atoms with E-state index in [0.29, 0.717) is 25.7 Å². The molecule has 0 spiro atoms. The summed E-state index contributed by atoms with van der Waals surface area (Å²) in [7, 11) is 19.3. The zero-order chi connectivity index (χ0) is 38.4. The summed E-state index contributed by atoms with van der Waals surface area (Å²) in [6.45, 7) is 6.06. The van der Waals surface area contributed by atoms with Crippen LogP contribution < -0.4 is 0 Å². The number of hydrogen-bond acceptors (Lipinski definition) is 11. The molecular formula is C40H80O11. The first-order chi connectivity index (χ1) is 24.7. The Kier molecular flexibility index (Phi) is 32.3. The van der Waals surface area contributed by atoms with Gasteiger partial charge >= 0.3 is 0 Å². The fourth-order valence-corrected chi connectivity index (χ4v) is 6.96. The lowest BCUT2D eigenvalue weighted by Crippen LogP contribution is -2.34. The van der Waals surface area contributed by atoms with Gasteiger partial charge in [0.15, 0.2) is 0 Å². The molecule has 0 radical (unpaired) electrons. The van der Waals surface area contributed by atoms with Crippen molar-refractivity contribution in [3.05, 3.63) is 12.7 Å². The van der Waals surface area contributed by atoms with E-state index in [4.69, 9.17) is 52.1 Å². The highest BCUT2D eigenvalue weighted by Crippen LogP contribution is 2.26. The lowest BCUT2D eigenvalue weighted by molar-refractivity contribution is -0.0614. The normalized spacial score (nSPS) is 18.7.